The summed E-state index contributed by atoms with van der Waals surface area (Å²) in [4.78, 5) is 24.7. The maximum atomic E-state index is 12.9. The second kappa shape index (κ2) is 8.93. The summed E-state index contributed by atoms with van der Waals surface area (Å²) in [6.45, 7) is -0.211. The number of amides is 2. The van der Waals surface area contributed by atoms with E-state index < -0.39 is 15.9 Å². The maximum absolute atomic E-state index is 12.9. The minimum atomic E-state index is -3.92. The van der Waals surface area contributed by atoms with E-state index in [0.717, 1.165) is 9.20 Å². The zero-order chi connectivity index (χ0) is 21.0. The van der Waals surface area contributed by atoms with Crippen molar-refractivity contribution < 1.29 is 22.4 Å². The van der Waals surface area contributed by atoms with Gasteiger partial charge in [0.2, 0.25) is 21.8 Å². The number of hydrogen-bond acceptors (Lipinski definition) is 5. The van der Waals surface area contributed by atoms with Crippen molar-refractivity contribution in [2.45, 2.75) is 22.8 Å². The molecule has 2 aromatic carbocycles. The molecule has 2 amide bonds. The Balaban J connectivity index is 1.66. The summed E-state index contributed by atoms with van der Waals surface area (Å²) in [6, 6.07) is 10.2. The second-order valence-electron chi connectivity index (χ2n) is 6.47. The fourth-order valence-corrected chi connectivity index (χ4v) is 4.78. The third kappa shape index (κ3) is 5.34. The van der Waals surface area contributed by atoms with E-state index in [1.54, 1.807) is 6.07 Å². The lowest BCUT2D eigenvalue weighted by Gasteiger charge is -2.18. The van der Waals surface area contributed by atoms with E-state index in [2.05, 4.69) is 10.6 Å². The molecule has 0 bridgehead atoms. The molecule has 10 heteroatoms. The lowest BCUT2D eigenvalue weighted by Crippen LogP contribution is -2.38. The molecule has 0 aliphatic carbocycles. The quantitative estimate of drug-likeness (QED) is 0.722. The van der Waals surface area contributed by atoms with Crippen molar-refractivity contribution in [1.82, 2.24) is 9.62 Å². The normalized spacial score (nSPS) is 14.1. The van der Waals surface area contributed by atoms with Crippen molar-refractivity contribution in [3.63, 3.8) is 0 Å². The number of rotatable bonds is 6. The lowest BCUT2D eigenvalue weighted by molar-refractivity contribution is -0.121. The van der Waals surface area contributed by atoms with Gasteiger partial charge in [-0.25, -0.2) is 12.8 Å². The first-order valence-corrected chi connectivity index (χ1v) is 11.2. The molecule has 0 saturated carbocycles. The number of halogens is 1. The molecule has 0 atom stereocenters. The highest BCUT2D eigenvalue weighted by atomic mass is 32.2. The molecule has 154 valence electrons. The summed E-state index contributed by atoms with van der Waals surface area (Å²) in [6.07, 6.45) is 0.357. The van der Waals surface area contributed by atoms with Gasteiger partial charge in [-0.1, -0.05) is 12.1 Å². The number of nitrogens with one attached hydrogen (secondary N) is 2. The minimum Gasteiger partial charge on any atom is -0.351 e. The molecule has 0 saturated heterocycles. The fourth-order valence-electron chi connectivity index (χ4n) is 2.69. The van der Waals surface area contributed by atoms with Gasteiger partial charge in [0, 0.05) is 30.7 Å². The number of hydrogen-bond donors (Lipinski definition) is 2. The third-order valence-electron chi connectivity index (χ3n) is 4.29. The summed E-state index contributed by atoms with van der Waals surface area (Å²) >= 11 is 1.48. The molecule has 1 aliphatic heterocycles. The monoisotopic (exact) mass is 437 g/mol. The van der Waals surface area contributed by atoms with E-state index in [0.29, 0.717) is 23.4 Å². The first kappa shape index (κ1) is 21.3. The number of carbonyl (C=O) groups excluding carboxylic acids is 2. The van der Waals surface area contributed by atoms with Crippen LogP contribution >= 0.6 is 11.8 Å². The Morgan fingerprint density at radius 2 is 1.97 bits per heavy atom. The molecular weight excluding hydrogens is 417 g/mol. The standard InChI is InChI=1S/C19H20FN3O4S2/c1-23(12-19(25)21-11-13-2-4-14(20)5-3-13)29(26,27)15-6-7-17-16(10-15)22-18(24)8-9-28-17/h2-7,10H,8-9,11-12H2,1H3,(H,21,25)(H,22,24). The predicted molar refractivity (Wildman–Crippen MR) is 108 cm³/mol. The topological polar surface area (TPSA) is 95.6 Å². The van der Waals surface area contributed by atoms with Gasteiger partial charge >= 0.3 is 0 Å². The molecule has 3 rings (SSSR count). The number of likely N-dealkylation sites (N-methyl/N-ethyl adjacent to an activating group) is 1. The van der Waals surface area contributed by atoms with Gasteiger partial charge in [-0.2, -0.15) is 4.31 Å². The van der Waals surface area contributed by atoms with Crippen LogP contribution in [-0.4, -0.2) is 43.9 Å². The highest BCUT2D eigenvalue weighted by Gasteiger charge is 2.25. The van der Waals surface area contributed by atoms with Crippen LogP contribution in [0.2, 0.25) is 0 Å². The largest absolute Gasteiger partial charge is 0.351 e. The highest BCUT2D eigenvalue weighted by molar-refractivity contribution is 7.99. The summed E-state index contributed by atoms with van der Waals surface area (Å²) in [5.74, 6) is -0.404. The number of benzene rings is 2. The molecule has 2 aromatic rings. The number of sulfonamides is 1. The Morgan fingerprint density at radius 3 is 2.69 bits per heavy atom. The van der Waals surface area contributed by atoms with Gasteiger partial charge in [0.05, 0.1) is 17.1 Å². The van der Waals surface area contributed by atoms with Crippen LogP contribution in [0.3, 0.4) is 0 Å². The van der Waals surface area contributed by atoms with Gasteiger partial charge in [-0.3, -0.25) is 9.59 Å². The van der Waals surface area contributed by atoms with Crippen molar-refractivity contribution in [1.29, 1.82) is 0 Å². The number of fused-ring (bicyclic) bond motifs is 1. The second-order valence-corrected chi connectivity index (χ2v) is 9.65. The van der Waals surface area contributed by atoms with Gasteiger partial charge < -0.3 is 10.6 Å². The van der Waals surface area contributed by atoms with Gasteiger partial charge in [-0.05, 0) is 35.9 Å². The van der Waals surface area contributed by atoms with Gasteiger partial charge in [0.1, 0.15) is 5.82 Å². The molecule has 1 aliphatic rings. The van der Waals surface area contributed by atoms with Crippen LogP contribution in [-0.2, 0) is 26.2 Å². The van der Waals surface area contributed by atoms with Crippen LogP contribution in [0.4, 0.5) is 10.1 Å². The van der Waals surface area contributed by atoms with E-state index in [-0.39, 0.29) is 29.7 Å². The smallest absolute Gasteiger partial charge is 0.243 e. The van der Waals surface area contributed by atoms with Crippen LogP contribution in [0.1, 0.15) is 12.0 Å². The van der Waals surface area contributed by atoms with Gasteiger partial charge in [0.25, 0.3) is 0 Å². The predicted octanol–water partition coefficient (Wildman–Crippen LogP) is 2.20. The zero-order valence-electron chi connectivity index (χ0n) is 15.6. The Hall–Kier alpha value is -2.43. The Labute approximate surface area is 172 Å². The third-order valence-corrected chi connectivity index (χ3v) is 7.16. The van der Waals surface area contributed by atoms with Gasteiger partial charge in [-0.15, -0.1) is 11.8 Å². The van der Waals surface area contributed by atoms with Crippen molar-refractivity contribution in [2.75, 3.05) is 24.7 Å². The van der Waals surface area contributed by atoms with E-state index in [9.17, 15) is 22.4 Å². The van der Waals surface area contributed by atoms with Crippen LogP contribution in [0, 0.1) is 5.82 Å². The van der Waals surface area contributed by atoms with E-state index in [1.807, 2.05) is 0 Å². The maximum Gasteiger partial charge on any atom is 0.243 e. The van der Waals surface area contributed by atoms with Crippen LogP contribution < -0.4 is 10.6 Å². The SMILES string of the molecule is CN(CC(=O)NCc1ccc(F)cc1)S(=O)(=O)c1ccc2c(c1)NC(=O)CCS2. The number of nitrogens with zero attached hydrogens (tertiary/aromatic N) is 1. The number of anilines is 1. The average molecular weight is 438 g/mol. The summed E-state index contributed by atoms with van der Waals surface area (Å²) < 4.78 is 39.5. The van der Waals surface area contributed by atoms with E-state index in [1.165, 1.54) is 55.2 Å². The molecule has 0 fully saturated rings. The van der Waals surface area contributed by atoms with Crippen molar-refractivity contribution >= 4 is 39.3 Å². The molecular formula is C19H20FN3O4S2. The van der Waals surface area contributed by atoms with Crippen LogP contribution in [0.15, 0.2) is 52.3 Å². The van der Waals surface area contributed by atoms with Gasteiger partial charge in [0.15, 0.2) is 0 Å². The zero-order valence-corrected chi connectivity index (χ0v) is 17.3. The van der Waals surface area contributed by atoms with E-state index >= 15 is 0 Å². The summed E-state index contributed by atoms with van der Waals surface area (Å²) in [5.41, 5.74) is 1.15. The van der Waals surface area contributed by atoms with Crippen LogP contribution in [0.5, 0.6) is 0 Å². The van der Waals surface area contributed by atoms with Crippen molar-refractivity contribution in [3.8, 4) is 0 Å². The molecule has 0 unspecified atom stereocenters. The average Bonchev–Trinajstić information content (AvgIpc) is 2.87. The first-order valence-electron chi connectivity index (χ1n) is 8.80. The fraction of sp³-hybridized carbons (Fsp3) is 0.263. The molecule has 1 heterocycles. The number of carbonyl (C=O) groups is 2. The first-order chi connectivity index (χ1) is 13.8. The molecule has 0 spiro atoms. The Kier molecular flexibility index (Phi) is 6.56. The molecule has 0 aromatic heterocycles. The molecule has 2 N–H and O–H groups in total. The number of thioether (sulfide) groups is 1. The lowest BCUT2D eigenvalue weighted by atomic mass is 10.2. The molecule has 0 radical (unpaired) electrons. The minimum absolute atomic E-state index is 0.00659. The summed E-state index contributed by atoms with van der Waals surface area (Å²) in [5, 5.41) is 5.32. The highest BCUT2D eigenvalue weighted by Crippen LogP contribution is 2.33. The molecule has 7 nitrogen and oxygen atoms in total. The van der Waals surface area contributed by atoms with E-state index in [4.69, 9.17) is 0 Å². The molecule has 29 heavy (non-hydrogen) atoms. The Bertz CT molecular complexity index is 1030. The van der Waals surface area contributed by atoms with Crippen LogP contribution in [0.25, 0.3) is 0 Å². The van der Waals surface area contributed by atoms with Crippen molar-refractivity contribution in [3.05, 3.63) is 53.8 Å². The Morgan fingerprint density at radius 1 is 1.24 bits per heavy atom. The summed E-state index contributed by atoms with van der Waals surface area (Å²) in [7, 11) is -2.61. The van der Waals surface area contributed by atoms with Crippen molar-refractivity contribution in [2.24, 2.45) is 0 Å².